The minimum atomic E-state index is -0.422. The fourth-order valence-electron chi connectivity index (χ4n) is 3.39. The van der Waals surface area contributed by atoms with Gasteiger partial charge in [0.15, 0.2) is 11.5 Å². The lowest BCUT2D eigenvalue weighted by Gasteiger charge is -2.27. The first kappa shape index (κ1) is 18.0. The van der Waals surface area contributed by atoms with E-state index in [0.717, 1.165) is 0 Å². The monoisotopic (exact) mass is 357 g/mol. The number of hydrogen-bond acceptors (Lipinski definition) is 5. The van der Waals surface area contributed by atoms with Gasteiger partial charge in [-0.3, -0.25) is 9.59 Å². The minimum absolute atomic E-state index is 0.0236. The van der Waals surface area contributed by atoms with Gasteiger partial charge in [0.1, 0.15) is 17.3 Å². The van der Waals surface area contributed by atoms with Crippen molar-refractivity contribution in [3.8, 4) is 11.5 Å². The van der Waals surface area contributed by atoms with Crippen LogP contribution in [0.25, 0.3) is 0 Å². The van der Waals surface area contributed by atoms with Crippen molar-refractivity contribution in [3.05, 3.63) is 40.8 Å². The summed E-state index contributed by atoms with van der Waals surface area (Å²) >= 11 is 0. The van der Waals surface area contributed by atoms with Crippen LogP contribution in [0.5, 0.6) is 11.5 Å². The average Bonchev–Trinajstić information content (AvgIpc) is 2.90. The molecule has 0 spiro atoms. The number of ketones is 1. The number of amides is 1. The number of benzene rings is 1. The molecule has 6 nitrogen and oxygen atoms in total. The van der Waals surface area contributed by atoms with Gasteiger partial charge >= 0.3 is 0 Å². The van der Waals surface area contributed by atoms with Crippen molar-refractivity contribution in [2.24, 2.45) is 5.41 Å². The molecule has 0 radical (unpaired) electrons. The van der Waals surface area contributed by atoms with E-state index in [-0.39, 0.29) is 17.0 Å². The van der Waals surface area contributed by atoms with E-state index in [0.29, 0.717) is 46.9 Å². The molecule has 1 heterocycles. The quantitative estimate of drug-likeness (QED) is 0.894. The summed E-state index contributed by atoms with van der Waals surface area (Å²) in [4.78, 5) is 25.2. The van der Waals surface area contributed by atoms with Crippen LogP contribution in [0, 0.1) is 12.3 Å². The summed E-state index contributed by atoms with van der Waals surface area (Å²) in [7, 11) is 3.07. The maximum Gasteiger partial charge on any atom is 0.291 e. The molecule has 138 valence electrons. The van der Waals surface area contributed by atoms with Crippen LogP contribution >= 0.6 is 0 Å². The zero-order valence-corrected chi connectivity index (χ0v) is 15.7. The topological polar surface area (TPSA) is 77.8 Å². The number of ether oxygens (including phenoxy) is 2. The molecule has 1 aliphatic carbocycles. The summed E-state index contributed by atoms with van der Waals surface area (Å²) < 4.78 is 16.3. The summed E-state index contributed by atoms with van der Waals surface area (Å²) in [6, 6.07) is 5.12. The molecule has 0 fully saturated rings. The van der Waals surface area contributed by atoms with Gasteiger partial charge in [-0.2, -0.15) is 0 Å². The Kier molecular flexibility index (Phi) is 4.52. The largest absolute Gasteiger partial charge is 0.497 e. The molecule has 2 aromatic rings. The van der Waals surface area contributed by atoms with Crippen molar-refractivity contribution in [1.29, 1.82) is 0 Å². The van der Waals surface area contributed by atoms with Gasteiger partial charge < -0.3 is 19.2 Å². The van der Waals surface area contributed by atoms with Crippen LogP contribution in [0.2, 0.25) is 0 Å². The summed E-state index contributed by atoms with van der Waals surface area (Å²) in [5.41, 5.74) is 1.43. The molecule has 0 saturated heterocycles. The molecule has 0 saturated carbocycles. The highest BCUT2D eigenvalue weighted by atomic mass is 16.5. The second-order valence-electron chi connectivity index (χ2n) is 7.32. The molecule has 3 rings (SSSR count). The zero-order chi connectivity index (χ0) is 19.1. The number of carbonyl (C=O) groups is 2. The van der Waals surface area contributed by atoms with E-state index in [9.17, 15) is 9.59 Å². The predicted molar refractivity (Wildman–Crippen MR) is 97.4 cm³/mol. The second kappa shape index (κ2) is 6.52. The Morgan fingerprint density at radius 2 is 1.92 bits per heavy atom. The third-order valence-corrected chi connectivity index (χ3v) is 4.64. The van der Waals surface area contributed by atoms with Crippen molar-refractivity contribution in [1.82, 2.24) is 0 Å². The fraction of sp³-hybridized carbons (Fsp3) is 0.400. The third-order valence-electron chi connectivity index (χ3n) is 4.64. The summed E-state index contributed by atoms with van der Waals surface area (Å²) in [6.07, 6.45) is 1.08. The number of methoxy groups -OCH3 is 2. The summed E-state index contributed by atoms with van der Waals surface area (Å²) in [5.74, 6) is 1.45. The van der Waals surface area contributed by atoms with E-state index >= 15 is 0 Å². The number of anilines is 1. The Hall–Kier alpha value is -2.76. The molecule has 1 amide bonds. The molecule has 0 aliphatic heterocycles. The van der Waals surface area contributed by atoms with Gasteiger partial charge in [0, 0.05) is 24.5 Å². The normalized spacial score (nSPS) is 15.3. The van der Waals surface area contributed by atoms with Crippen molar-refractivity contribution in [3.63, 3.8) is 0 Å². The highest BCUT2D eigenvalue weighted by Crippen LogP contribution is 2.39. The molecular weight excluding hydrogens is 334 g/mol. The minimum Gasteiger partial charge on any atom is -0.497 e. The lowest BCUT2D eigenvalue weighted by molar-refractivity contribution is 0.0898. The number of furan rings is 1. The molecule has 6 heteroatoms. The van der Waals surface area contributed by atoms with E-state index in [1.165, 1.54) is 7.11 Å². The van der Waals surface area contributed by atoms with E-state index in [2.05, 4.69) is 5.32 Å². The smallest absolute Gasteiger partial charge is 0.291 e. The van der Waals surface area contributed by atoms with Crippen LogP contribution in [0.4, 0.5) is 5.69 Å². The fourth-order valence-corrected chi connectivity index (χ4v) is 3.39. The van der Waals surface area contributed by atoms with Crippen LogP contribution in [-0.4, -0.2) is 25.9 Å². The molecule has 1 aromatic carbocycles. The number of Topliss-reactive ketones (excluding diaryl/α,β-unsaturated/α-hetero) is 1. The average molecular weight is 357 g/mol. The maximum absolute atomic E-state index is 12.8. The highest BCUT2D eigenvalue weighted by Gasteiger charge is 2.37. The van der Waals surface area contributed by atoms with Crippen molar-refractivity contribution in [2.75, 3.05) is 19.5 Å². The van der Waals surface area contributed by atoms with Gasteiger partial charge in [-0.1, -0.05) is 13.8 Å². The molecular formula is C20H23NO5. The van der Waals surface area contributed by atoms with E-state index < -0.39 is 5.91 Å². The summed E-state index contributed by atoms with van der Waals surface area (Å²) in [6.45, 7) is 5.79. The predicted octanol–water partition coefficient (Wildman–Crippen LogP) is 4.01. The number of carbonyl (C=O) groups excluding carboxylic acids is 2. The maximum atomic E-state index is 12.8. The zero-order valence-electron chi connectivity index (χ0n) is 15.7. The lowest BCUT2D eigenvalue weighted by Crippen LogP contribution is -2.26. The van der Waals surface area contributed by atoms with E-state index in [4.69, 9.17) is 13.9 Å². The van der Waals surface area contributed by atoms with Gasteiger partial charge in [0.05, 0.1) is 25.5 Å². The Balaban J connectivity index is 1.94. The van der Waals surface area contributed by atoms with Crippen molar-refractivity contribution in [2.45, 2.75) is 33.6 Å². The Morgan fingerprint density at radius 3 is 2.58 bits per heavy atom. The molecule has 0 atom stereocenters. The SMILES string of the molecule is COc1ccc(OC)c(NC(=O)c2oc3c(c2C)C(=O)CC(C)(C)C3)c1. The van der Waals surface area contributed by atoms with Gasteiger partial charge in [-0.25, -0.2) is 0 Å². The van der Waals surface area contributed by atoms with Crippen LogP contribution in [0.15, 0.2) is 22.6 Å². The third kappa shape index (κ3) is 3.19. The molecule has 1 aromatic heterocycles. The Labute approximate surface area is 152 Å². The summed E-state index contributed by atoms with van der Waals surface area (Å²) in [5, 5.41) is 2.79. The molecule has 0 bridgehead atoms. The number of nitrogens with one attached hydrogen (secondary N) is 1. The highest BCUT2D eigenvalue weighted by molar-refractivity contribution is 6.08. The molecule has 1 aliphatic rings. The van der Waals surface area contributed by atoms with Crippen LogP contribution in [-0.2, 0) is 6.42 Å². The second-order valence-corrected chi connectivity index (χ2v) is 7.32. The number of rotatable bonds is 4. The molecule has 1 N–H and O–H groups in total. The van der Waals surface area contributed by atoms with Gasteiger partial charge in [0.2, 0.25) is 0 Å². The van der Waals surface area contributed by atoms with E-state index in [1.54, 1.807) is 32.2 Å². The standard InChI is InChI=1S/C20H23NO5/c1-11-17-14(22)9-20(2,3)10-16(17)26-18(11)19(23)21-13-8-12(24-4)6-7-15(13)25-5/h6-8H,9-10H2,1-5H3,(H,21,23). The van der Waals surface area contributed by atoms with Crippen LogP contribution in [0.1, 0.15) is 52.5 Å². The number of fused-ring (bicyclic) bond motifs is 1. The van der Waals surface area contributed by atoms with Gasteiger partial charge in [0.25, 0.3) is 5.91 Å². The molecule has 26 heavy (non-hydrogen) atoms. The lowest BCUT2D eigenvalue weighted by atomic mass is 9.76. The number of hydrogen-bond donors (Lipinski definition) is 1. The first-order valence-electron chi connectivity index (χ1n) is 8.44. The van der Waals surface area contributed by atoms with Crippen LogP contribution in [0.3, 0.4) is 0 Å². The first-order chi connectivity index (χ1) is 12.3. The molecule has 0 unspecified atom stereocenters. The van der Waals surface area contributed by atoms with Gasteiger partial charge in [-0.05, 0) is 24.5 Å². The van der Waals surface area contributed by atoms with Crippen molar-refractivity contribution < 1.29 is 23.5 Å². The Morgan fingerprint density at radius 1 is 1.19 bits per heavy atom. The van der Waals surface area contributed by atoms with Crippen LogP contribution < -0.4 is 14.8 Å². The van der Waals surface area contributed by atoms with E-state index in [1.807, 2.05) is 13.8 Å². The first-order valence-corrected chi connectivity index (χ1v) is 8.44. The van der Waals surface area contributed by atoms with Crippen molar-refractivity contribution >= 4 is 17.4 Å². The van der Waals surface area contributed by atoms with Gasteiger partial charge in [-0.15, -0.1) is 0 Å². The Bertz CT molecular complexity index is 879.